The van der Waals surface area contributed by atoms with Crippen LogP contribution in [-0.2, 0) is 6.61 Å². The minimum absolute atomic E-state index is 0.0656. The summed E-state index contributed by atoms with van der Waals surface area (Å²) in [5, 5.41) is 21.2. The van der Waals surface area contributed by atoms with Crippen molar-refractivity contribution in [3.8, 4) is 0 Å². The topological polar surface area (TPSA) is 52.5 Å². The van der Waals surface area contributed by atoms with Gasteiger partial charge in [-0.3, -0.25) is 0 Å². The molecular weight excluding hydrogens is 190 g/mol. The fourth-order valence-corrected chi connectivity index (χ4v) is 1.54. The first-order chi connectivity index (χ1) is 7.17. The van der Waals surface area contributed by atoms with E-state index in [0.717, 1.165) is 11.1 Å². The molecule has 3 nitrogen and oxygen atoms in total. The second kappa shape index (κ2) is 5.85. The SMILES string of the molecule is CC(CO)NC(C)c1cccc(CO)c1. The van der Waals surface area contributed by atoms with Crippen molar-refractivity contribution in [2.24, 2.45) is 0 Å². The molecule has 84 valence electrons. The Morgan fingerprint density at radius 1 is 1.27 bits per heavy atom. The molecule has 0 saturated heterocycles. The second-order valence-corrected chi connectivity index (χ2v) is 3.88. The fraction of sp³-hybridized carbons (Fsp3) is 0.500. The molecule has 2 atom stereocenters. The highest BCUT2D eigenvalue weighted by Gasteiger charge is 2.08. The van der Waals surface area contributed by atoms with Gasteiger partial charge in [-0.2, -0.15) is 0 Å². The molecule has 3 heteroatoms. The third-order valence-corrected chi connectivity index (χ3v) is 2.44. The molecule has 2 unspecified atom stereocenters. The van der Waals surface area contributed by atoms with E-state index in [1.807, 2.05) is 38.1 Å². The summed E-state index contributed by atoms with van der Waals surface area (Å²) in [5.74, 6) is 0. The van der Waals surface area contributed by atoms with E-state index in [1.54, 1.807) is 0 Å². The molecule has 0 bridgehead atoms. The summed E-state index contributed by atoms with van der Waals surface area (Å²) in [6.07, 6.45) is 0. The van der Waals surface area contributed by atoms with Gasteiger partial charge < -0.3 is 15.5 Å². The van der Waals surface area contributed by atoms with Crippen LogP contribution in [0.2, 0.25) is 0 Å². The predicted octanol–water partition coefficient (Wildman–Crippen LogP) is 1.21. The molecule has 0 aliphatic heterocycles. The van der Waals surface area contributed by atoms with Gasteiger partial charge >= 0.3 is 0 Å². The van der Waals surface area contributed by atoms with Crippen molar-refractivity contribution >= 4 is 0 Å². The van der Waals surface area contributed by atoms with Crippen molar-refractivity contribution in [1.29, 1.82) is 0 Å². The van der Waals surface area contributed by atoms with Gasteiger partial charge in [0.15, 0.2) is 0 Å². The van der Waals surface area contributed by atoms with Crippen LogP contribution in [0.3, 0.4) is 0 Å². The average molecular weight is 209 g/mol. The lowest BCUT2D eigenvalue weighted by Crippen LogP contribution is -2.31. The molecule has 0 aromatic heterocycles. The highest BCUT2D eigenvalue weighted by molar-refractivity contribution is 5.25. The lowest BCUT2D eigenvalue weighted by molar-refractivity contribution is 0.243. The van der Waals surface area contributed by atoms with Crippen LogP contribution >= 0.6 is 0 Å². The van der Waals surface area contributed by atoms with Crippen LogP contribution in [0.4, 0.5) is 0 Å². The van der Waals surface area contributed by atoms with Gasteiger partial charge in [0.1, 0.15) is 0 Å². The van der Waals surface area contributed by atoms with Gasteiger partial charge in [-0.15, -0.1) is 0 Å². The number of rotatable bonds is 5. The molecule has 1 aromatic rings. The molecule has 0 amide bonds. The van der Waals surface area contributed by atoms with Gasteiger partial charge in [-0.25, -0.2) is 0 Å². The van der Waals surface area contributed by atoms with Crippen molar-refractivity contribution < 1.29 is 10.2 Å². The summed E-state index contributed by atoms with van der Waals surface area (Å²) in [6, 6.07) is 8.08. The maximum atomic E-state index is 9.01. The monoisotopic (exact) mass is 209 g/mol. The van der Waals surface area contributed by atoms with Crippen molar-refractivity contribution in [2.45, 2.75) is 32.5 Å². The molecule has 1 aromatic carbocycles. The molecule has 0 aliphatic rings. The smallest absolute Gasteiger partial charge is 0.0681 e. The van der Waals surface area contributed by atoms with Crippen LogP contribution in [-0.4, -0.2) is 22.9 Å². The van der Waals surface area contributed by atoms with Gasteiger partial charge in [0.25, 0.3) is 0 Å². The molecule has 0 radical (unpaired) electrons. The van der Waals surface area contributed by atoms with E-state index < -0.39 is 0 Å². The van der Waals surface area contributed by atoms with E-state index in [9.17, 15) is 0 Å². The number of aliphatic hydroxyl groups is 2. The van der Waals surface area contributed by atoms with Crippen LogP contribution in [0, 0.1) is 0 Å². The molecule has 3 N–H and O–H groups in total. The Balaban J connectivity index is 2.68. The zero-order chi connectivity index (χ0) is 11.3. The van der Waals surface area contributed by atoms with E-state index in [1.165, 1.54) is 0 Å². The standard InChI is InChI=1S/C12H19NO2/c1-9(7-14)13-10(2)12-5-3-4-11(6-12)8-15/h3-6,9-10,13-15H,7-8H2,1-2H3. The summed E-state index contributed by atoms with van der Waals surface area (Å²) in [7, 11) is 0. The molecule has 0 heterocycles. The number of aliphatic hydroxyl groups excluding tert-OH is 2. The molecule has 0 aliphatic carbocycles. The van der Waals surface area contributed by atoms with Gasteiger partial charge in [0, 0.05) is 12.1 Å². The third kappa shape index (κ3) is 3.63. The van der Waals surface area contributed by atoms with Crippen LogP contribution in [0.5, 0.6) is 0 Å². The highest BCUT2D eigenvalue weighted by Crippen LogP contribution is 2.14. The van der Waals surface area contributed by atoms with Gasteiger partial charge in [0.05, 0.1) is 13.2 Å². The molecule has 1 rings (SSSR count). The Kier molecular flexibility index (Phi) is 4.75. The zero-order valence-corrected chi connectivity index (χ0v) is 9.27. The van der Waals surface area contributed by atoms with Crippen LogP contribution < -0.4 is 5.32 Å². The first-order valence-corrected chi connectivity index (χ1v) is 5.24. The van der Waals surface area contributed by atoms with Crippen LogP contribution in [0.15, 0.2) is 24.3 Å². The summed E-state index contributed by atoms with van der Waals surface area (Å²) in [4.78, 5) is 0. The van der Waals surface area contributed by atoms with E-state index in [-0.39, 0.29) is 25.3 Å². The van der Waals surface area contributed by atoms with E-state index in [4.69, 9.17) is 10.2 Å². The van der Waals surface area contributed by atoms with Crippen molar-refractivity contribution in [1.82, 2.24) is 5.32 Å². The number of nitrogens with one attached hydrogen (secondary N) is 1. The number of hydrogen-bond acceptors (Lipinski definition) is 3. The molecule has 15 heavy (non-hydrogen) atoms. The third-order valence-electron chi connectivity index (χ3n) is 2.44. The average Bonchev–Trinajstić information content (AvgIpc) is 2.28. The maximum Gasteiger partial charge on any atom is 0.0681 e. The highest BCUT2D eigenvalue weighted by atomic mass is 16.3. The second-order valence-electron chi connectivity index (χ2n) is 3.88. The Morgan fingerprint density at radius 2 is 2.00 bits per heavy atom. The summed E-state index contributed by atoms with van der Waals surface area (Å²) in [5.41, 5.74) is 2.04. The Morgan fingerprint density at radius 3 is 2.60 bits per heavy atom. The lowest BCUT2D eigenvalue weighted by Gasteiger charge is -2.19. The van der Waals surface area contributed by atoms with Crippen molar-refractivity contribution in [3.05, 3.63) is 35.4 Å². The Hall–Kier alpha value is -0.900. The zero-order valence-electron chi connectivity index (χ0n) is 9.27. The number of benzene rings is 1. The van der Waals surface area contributed by atoms with Crippen molar-refractivity contribution in [2.75, 3.05) is 6.61 Å². The lowest BCUT2D eigenvalue weighted by atomic mass is 10.0. The summed E-state index contributed by atoms with van der Waals surface area (Å²) < 4.78 is 0. The van der Waals surface area contributed by atoms with E-state index in [2.05, 4.69) is 5.32 Å². The molecule has 0 spiro atoms. The normalized spacial score (nSPS) is 14.9. The van der Waals surface area contributed by atoms with E-state index in [0.29, 0.717) is 0 Å². The fourth-order valence-electron chi connectivity index (χ4n) is 1.54. The number of hydrogen-bond donors (Lipinski definition) is 3. The van der Waals surface area contributed by atoms with E-state index >= 15 is 0 Å². The largest absolute Gasteiger partial charge is 0.395 e. The first-order valence-electron chi connectivity index (χ1n) is 5.24. The molecular formula is C12H19NO2. The minimum atomic E-state index is 0.0656. The molecule has 0 fully saturated rings. The Labute approximate surface area is 90.8 Å². The predicted molar refractivity (Wildman–Crippen MR) is 60.5 cm³/mol. The van der Waals surface area contributed by atoms with Gasteiger partial charge in [0.2, 0.25) is 0 Å². The van der Waals surface area contributed by atoms with Crippen LogP contribution in [0.1, 0.15) is 31.0 Å². The summed E-state index contributed by atoms with van der Waals surface area (Å²) >= 11 is 0. The van der Waals surface area contributed by atoms with Crippen LogP contribution in [0.25, 0.3) is 0 Å². The maximum absolute atomic E-state index is 9.01. The van der Waals surface area contributed by atoms with Gasteiger partial charge in [-0.1, -0.05) is 24.3 Å². The van der Waals surface area contributed by atoms with Gasteiger partial charge in [-0.05, 0) is 25.0 Å². The first kappa shape index (κ1) is 12.2. The quantitative estimate of drug-likeness (QED) is 0.683. The summed E-state index contributed by atoms with van der Waals surface area (Å²) in [6.45, 7) is 4.18. The van der Waals surface area contributed by atoms with Crippen molar-refractivity contribution in [3.63, 3.8) is 0 Å². The minimum Gasteiger partial charge on any atom is -0.395 e. The molecule has 0 saturated carbocycles. The Bertz CT molecular complexity index is 301.